The van der Waals surface area contributed by atoms with Crippen molar-refractivity contribution in [3.05, 3.63) is 23.8 Å². The highest BCUT2D eigenvalue weighted by atomic mass is 16.6. The number of hydrogen-bond acceptors (Lipinski definition) is 5. The minimum absolute atomic E-state index is 0.494. The second-order valence-electron chi connectivity index (χ2n) is 5.47. The van der Waals surface area contributed by atoms with Gasteiger partial charge in [-0.05, 0) is 24.6 Å². The lowest BCUT2D eigenvalue weighted by molar-refractivity contribution is -0.151. The first-order chi connectivity index (χ1) is 10.1. The van der Waals surface area contributed by atoms with Crippen LogP contribution < -0.4 is 14.8 Å². The van der Waals surface area contributed by atoms with Crippen LogP contribution in [0.3, 0.4) is 0 Å². The summed E-state index contributed by atoms with van der Waals surface area (Å²) in [4.78, 5) is 14.0. The maximum atomic E-state index is 12.0. The third-order valence-corrected chi connectivity index (χ3v) is 4.27. The Morgan fingerprint density at radius 1 is 1.24 bits per heavy atom. The Morgan fingerprint density at radius 3 is 2.57 bits per heavy atom. The van der Waals surface area contributed by atoms with E-state index in [1.54, 1.807) is 19.1 Å². The molecule has 114 valence electrons. The van der Waals surface area contributed by atoms with E-state index in [0.29, 0.717) is 37.8 Å². The third kappa shape index (κ3) is 2.45. The van der Waals surface area contributed by atoms with Crippen LogP contribution in [0.15, 0.2) is 18.2 Å². The predicted molar refractivity (Wildman–Crippen MR) is 76.9 cm³/mol. The Labute approximate surface area is 123 Å². The number of carboxylic acids is 1. The van der Waals surface area contributed by atoms with Gasteiger partial charge in [-0.15, -0.1) is 0 Å². The SMILES string of the molecule is CC(C(=O)O)(c1ccc2c(c1)OCCO2)N1CCNCC1. The number of carboxylic acid groups (broad SMARTS) is 1. The number of benzene rings is 1. The van der Waals surface area contributed by atoms with Crippen LogP contribution in [0, 0.1) is 0 Å². The summed E-state index contributed by atoms with van der Waals surface area (Å²) in [5.74, 6) is 0.459. The zero-order valence-electron chi connectivity index (χ0n) is 12.1. The number of nitrogens with one attached hydrogen (secondary N) is 1. The molecule has 1 aromatic carbocycles. The molecule has 0 saturated carbocycles. The molecule has 0 aromatic heterocycles. The summed E-state index contributed by atoms with van der Waals surface area (Å²) in [6.07, 6.45) is 0. The van der Waals surface area contributed by atoms with E-state index in [1.165, 1.54) is 0 Å². The summed E-state index contributed by atoms with van der Waals surface area (Å²) in [7, 11) is 0. The average molecular weight is 292 g/mol. The Morgan fingerprint density at radius 2 is 1.90 bits per heavy atom. The van der Waals surface area contributed by atoms with E-state index in [-0.39, 0.29) is 0 Å². The van der Waals surface area contributed by atoms with Crippen LogP contribution in [0.4, 0.5) is 0 Å². The lowest BCUT2D eigenvalue weighted by atomic mass is 9.89. The zero-order chi connectivity index (χ0) is 14.9. The number of nitrogens with zero attached hydrogens (tertiary/aromatic N) is 1. The lowest BCUT2D eigenvalue weighted by Crippen LogP contribution is -2.56. The van der Waals surface area contributed by atoms with Gasteiger partial charge >= 0.3 is 5.97 Å². The number of rotatable bonds is 3. The number of hydrogen-bond donors (Lipinski definition) is 2. The molecule has 1 aromatic rings. The third-order valence-electron chi connectivity index (χ3n) is 4.27. The van der Waals surface area contributed by atoms with E-state index in [1.807, 2.05) is 11.0 Å². The summed E-state index contributed by atoms with van der Waals surface area (Å²) in [5.41, 5.74) is -0.334. The van der Waals surface area contributed by atoms with Crippen molar-refractivity contribution < 1.29 is 19.4 Å². The van der Waals surface area contributed by atoms with Crippen molar-refractivity contribution in [1.29, 1.82) is 0 Å². The van der Waals surface area contributed by atoms with Gasteiger partial charge in [0.15, 0.2) is 11.5 Å². The number of piperazine rings is 1. The summed E-state index contributed by atoms with van der Waals surface area (Å²) >= 11 is 0. The molecular formula is C15H20N2O4. The fraction of sp³-hybridized carbons (Fsp3) is 0.533. The van der Waals surface area contributed by atoms with Crippen LogP contribution in [0.1, 0.15) is 12.5 Å². The van der Waals surface area contributed by atoms with Gasteiger partial charge < -0.3 is 19.9 Å². The predicted octanol–water partition coefficient (Wildman–Crippen LogP) is 0.663. The molecule has 1 saturated heterocycles. The van der Waals surface area contributed by atoms with Gasteiger partial charge in [-0.1, -0.05) is 6.07 Å². The van der Waals surface area contributed by atoms with Gasteiger partial charge in [0.2, 0.25) is 0 Å². The van der Waals surface area contributed by atoms with Crippen molar-refractivity contribution >= 4 is 5.97 Å². The minimum atomic E-state index is -1.06. The van der Waals surface area contributed by atoms with Gasteiger partial charge in [0.25, 0.3) is 0 Å². The van der Waals surface area contributed by atoms with E-state index >= 15 is 0 Å². The van der Waals surface area contributed by atoms with Crippen LogP contribution in [0.5, 0.6) is 11.5 Å². The van der Waals surface area contributed by atoms with Crippen molar-refractivity contribution in [2.45, 2.75) is 12.5 Å². The molecule has 2 aliphatic rings. The molecule has 2 N–H and O–H groups in total. The summed E-state index contributed by atoms with van der Waals surface area (Å²) in [6.45, 7) is 5.79. The fourth-order valence-electron chi connectivity index (χ4n) is 2.90. The van der Waals surface area contributed by atoms with E-state index in [0.717, 1.165) is 18.7 Å². The average Bonchev–Trinajstić information content (AvgIpc) is 2.54. The molecule has 0 radical (unpaired) electrons. The molecule has 6 nitrogen and oxygen atoms in total. The first-order valence-corrected chi connectivity index (χ1v) is 7.21. The summed E-state index contributed by atoms with van der Waals surface area (Å²) in [6, 6.07) is 5.42. The van der Waals surface area contributed by atoms with Gasteiger partial charge in [0.1, 0.15) is 18.8 Å². The normalized spacial score (nSPS) is 21.6. The van der Waals surface area contributed by atoms with Crippen molar-refractivity contribution in [2.24, 2.45) is 0 Å². The zero-order valence-corrected chi connectivity index (χ0v) is 12.1. The van der Waals surface area contributed by atoms with E-state index in [9.17, 15) is 9.90 Å². The largest absolute Gasteiger partial charge is 0.486 e. The number of ether oxygens (including phenoxy) is 2. The smallest absolute Gasteiger partial charge is 0.328 e. The van der Waals surface area contributed by atoms with Crippen LogP contribution in [0.2, 0.25) is 0 Å². The van der Waals surface area contributed by atoms with E-state index in [2.05, 4.69) is 5.32 Å². The van der Waals surface area contributed by atoms with Gasteiger partial charge in [0, 0.05) is 26.2 Å². The van der Waals surface area contributed by atoms with E-state index in [4.69, 9.17) is 9.47 Å². The highest BCUT2D eigenvalue weighted by Gasteiger charge is 2.42. The second kappa shape index (κ2) is 5.54. The Balaban J connectivity index is 1.98. The monoisotopic (exact) mass is 292 g/mol. The Hall–Kier alpha value is -1.79. The van der Waals surface area contributed by atoms with E-state index < -0.39 is 11.5 Å². The molecule has 0 bridgehead atoms. The number of fused-ring (bicyclic) bond motifs is 1. The molecule has 1 unspecified atom stereocenters. The summed E-state index contributed by atoms with van der Waals surface area (Å²) in [5, 5.41) is 13.1. The van der Waals surface area contributed by atoms with Crippen LogP contribution in [-0.4, -0.2) is 55.4 Å². The first kappa shape index (κ1) is 14.2. The molecule has 21 heavy (non-hydrogen) atoms. The molecule has 0 amide bonds. The fourth-order valence-corrected chi connectivity index (χ4v) is 2.90. The highest BCUT2D eigenvalue weighted by Crippen LogP contribution is 2.37. The van der Waals surface area contributed by atoms with Crippen molar-refractivity contribution in [3.63, 3.8) is 0 Å². The van der Waals surface area contributed by atoms with Crippen molar-refractivity contribution in [3.8, 4) is 11.5 Å². The summed E-state index contributed by atoms with van der Waals surface area (Å²) < 4.78 is 11.1. The molecule has 3 rings (SSSR count). The van der Waals surface area contributed by atoms with Crippen molar-refractivity contribution in [1.82, 2.24) is 10.2 Å². The topological polar surface area (TPSA) is 71.0 Å². The molecule has 1 atom stereocenters. The van der Waals surface area contributed by atoms with Crippen LogP contribution in [0.25, 0.3) is 0 Å². The first-order valence-electron chi connectivity index (χ1n) is 7.21. The molecule has 2 aliphatic heterocycles. The second-order valence-corrected chi connectivity index (χ2v) is 5.47. The maximum absolute atomic E-state index is 12.0. The Kier molecular flexibility index (Phi) is 3.73. The quantitative estimate of drug-likeness (QED) is 0.853. The number of aliphatic carboxylic acids is 1. The lowest BCUT2D eigenvalue weighted by Gasteiger charge is -2.41. The van der Waals surface area contributed by atoms with Gasteiger partial charge in [-0.25, -0.2) is 4.79 Å². The van der Waals surface area contributed by atoms with Gasteiger partial charge in [-0.3, -0.25) is 4.90 Å². The number of carbonyl (C=O) groups is 1. The molecule has 2 heterocycles. The van der Waals surface area contributed by atoms with Crippen LogP contribution in [-0.2, 0) is 10.3 Å². The van der Waals surface area contributed by atoms with Gasteiger partial charge in [0.05, 0.1) is 0 Å². The molecule has 0 spiro atoms. The molecule has 6 heteroatoms. The Bertz CT molecular complexity index is 542. The highest BCUT2D eigenvalue weighted by molar-refractivity contribution is 5.80. The maximum Gasteiger partial charge on any atom is 0.328 e. The molecule has 1 fully saturated rings. The minimum Gasteiger partial charge on any atom is -0.486 e. The van der Waals surface area contributed by atoms with Crippen LogP contribution >= 0.6 is 0 Å². The molecular weight excluding hydrogens is 272 g/mol. The van der Waals surface area contributed by atoms with Gasteiger partial charge in [-0.2, -0.15) is 0 Å². The van der Waals surface area contributed by atoms with Crippen molar-refractivity contribution in [2.75, 3.05) is 39.4 Å². The molecule has 0 aliphatic carbocycles. The standard InChI is InChI=1S/C15H20N2O4/c1-15(14(18)19,17-6-4-16-5-7-17)11-2-3-12-13(10-11)21-9-8-20-12/h2-3,10,16H,4-9H2,1H3,(H,18,19).